The normalized spacial score (nSPS) is 12.4. The van der Waals surface area contributed by atoms with E-state index in [4.69, 9.17) is 9.72 Å². The largest absolute Gasteiger partial charge is 0.467 e. The number of unbranched alkanes of at least 4 members (excludes halogenated alkanes) is 1. The van der Waals surface area contributed by atoms with Crippen LogP contribution in [0.3, 0.4) is 0 Å². The summed E-state index contributed by atoms with van der Waals surface area (Å²) in [5.41, 5.74) is 0.923. The number of nitrogens with one attached hydrogen (secondary N) is 1. The number of methoxy groups -OCH3 is 1. The highest BCUT2D eigenvalue weighted by molar-refractivity contribution is 7.99. The van der Waals surface area contributed by atoms with Gasteiger partial charge in [0.15, 0.2) is 5.16 Å². The van der Waals surface area contributed by atoms with Gasteiger partial charge in [0.05, 0.1) is 18.2 Å². The number of esters is 1. The van der Waals surface area contributed by atoms with Gasteiger partial charge >= 0.3 is 5.97 Å². The Hall–Kier alpha value is -1.87. The molecular weight excluding hydrogens is 422 g/mol. The lowest BCUT2D eigenvalue weighted by Gasteiger charge is -2.18. The maximum absolute atomic E-state index is 13.1. The standard InChI is InChI=1S/C21H31N3O4S2/c1-7-8-9-24-19(26)17-13(4)14(5)30-18(17)23-21(24)29-11-16(25)22-15(10-12(2)3)20(27)28-6/h12,15H,7-11H2,1-6H3,(H,22,25)/t15-/m1/s1. The smallest absolute Gasteiger partial charge is 0.328 e. The zero-order valence-corrected chi connectivity index (χ0v) is 20.2. The zero-order valence-electron chi connectivity index (χ0n) is 18.5. The van der Waals surface area contributed by atoms with Gasteiger partial charge in [-0.1, -0.05) is 39.0 Å². The summed E-state index contributed by atoms with van der Waals surface area (Å²) >= 11 is 2.72. The fourth-order valence-corrected chi connectivity index (χ4v) is 5.03. The molecule has 0 bridgehead atoms. The van der Waals surface area contributed by atoms with E-state index in [0.29, 0.717) is 28.3 Å². The van der Waals surface area contributed by atoms with Crippen LogP contribution >= 0.6 is 23.1 Å². The second kappa shape index (κ2) is 10.9. The number of fused-ring (bicyclic) bond motifs is 1. The van der Waals surface area contributed by atoms with E-state index in [1.165, 1.54) is 30.2 Å². The third-order valence-corrected chi connectivity index (χ3v) is 6.93. The average Bonchev–Trinajstić information content (AvgIpc) is 2.98. The summed E-state index contributed by atoms with van der Waals surface area (Å²) in [6, 6.07) is -0.677. The maximum Gasteiger partial charge on any atom is 0.328 e. The van der Waals surface area contributed by atoms with Crippen molar-refractivity contribution in [2.24, 2.45) is 5.92 Å². The highest BCUT2D eigenvalue weighted by Crippen LogP contribution is 2.28. The Morgan fingerprint density at radius 3 is 2.60 bits per heavy atom. The van der Waals surface area contributed by atoms with Crippen LogP contribution < -0.4 is 10.9 Å². The lowest BCUT2D eigenvalue weighted by molar-refractivity contribution is -0.145. The molecule has 2 heterocycles. The highest BCUT2D eigenvalue weighted by atomic mass is 32.2. The molecule has 2 aromatic rings. The molecule has 2 aromatic heterocycles. The predicted octanol–water partition coefficient (Wildman–Crippen LogP) is 3.67. The van der Waals surface area contributed by atoms with Crippen molar-refractivity contribution in [1.29, 1.82) is 0 Å². The SMILES string of the molecule is CCCCn1c(SCC(=O)N[C@H](CC(C)C)C(=O)OC)nc2sc(C)c(C)c2c1=O. The van der Waals surface area contributed by atoms with Crippen LogP contribution in [0.4, 0.5) is 0 Å². The van der Waals surface area contributed by atoms with Crippen molar-refractivity contribution in [2.75, 3.05) is 12.9 Å². The number of amides is 1. The van der Waals surface area contributed by atoms with Crippen molar-refractivity contribution in [3.8, 4) is 0 Å². The summed E-state index contributed by atoms with van der Waals surface area (Å²) < 4.78 is 6.48. The van der Waals surface area contributed by atoms with Crippen LogP contribution in [0.15, 0.2) is 9.95 Å². The van der Waals surface area contributed by atoms with Crippen molar-refractivity contribution in [1.82, 2.24) is 14.9 Å². The summed E-state index contributed by atoms with van der Waals surface area (Å²) in [6.07, 6.45) is 2.31. The summed E-state index contributed by atoms with van der Waals surface area (Å²) in [6.45, 7) is 10.5. The molecule has 166 valence electrons. The number of ether oxygens (including phenoxy) is 1. The molecule has 7 nitrogen and oxygen atoms in total. The number of aromatic nitrogens is 2. The van der Waals surface area contributed by atoms with Crippen molar-refractivity contribution < 1.29 is 14.3 Å². The molecule has 0 saturated heterocycles. The molecule has 9 heteroatoms. The number of thiophene rings is 1. The molecule has 0 saturated carbocycles. The Bertz CT molecular complexity index is 965. The van der Waals surface area contributed by atoms with Crippen LogP contribution in [0.25, 0.3) is 10.2 Å². The van der Waals surface area contributed by atoms with Crippen LogP contribution in [0.2, 0.25) is 0 Å². The number of rotatable bonds is 10. The first-order valence-corrected chi connectivity index (χ1v) is 12.0. The first-order valence-electron chi connectivity index (χ1n) is 10.2. The van der Waals surface area contributed by atoms with Crippen LogP contribution in [0.1, 0.15) is 50.5 Å². The summed E-state index contributed by atoms with van der Waals surface area (Å²) in [5, 5.41) is 3.96. The molecule has 1 N–H and O–H groups in total. The molecule has 0 fully saturated rings. The number of nitrogens with zero attached hydrogens (tertiary/aromatic N) is 2. The van der Waals surface area contributed by atoms with Crippen molar-refractivity contribution >= 4 is 45.2 Å². The summed E-state index contributed by atoms with van der Waals surface area (Å²) in [5.74, 6) is -0.438. The van der Waals surface area contributed by atoms with Crippen molar-refractivity contribution in [3.05, 3.63) is 20.8 Å². The van der Waals surface area contributed by atoms with Gasteiger partial charge in [-0.2, -0.15) is 0 Å². The van der Waals surface area contributed by atoms with Gasteiger partial charge in [-0.3, -0.25) is 14.2 Å². The third-order valence-electron chi connectivity index (χ3n) is 4.85. The van der Waals surface area contributed by atoms with E-state index in [1.807, 2.05) is 27.7 Å². The molecular formula is C21H31N3O4S2. The Morgan fingerprint density at radius 2 is 2.00 bits per heavy atom. The average molecular weight is 454 g/mol. The third kappa shape index (κ3) is 5.85. The van der Waals surface area contributed by atoms with Gasteiger partial charge in [0.25, 0.3) is 5.56 Å². The Kier molecular flexibility index (Phi) is 8.91. The minimum atomic E-state index is -0.677. The quantitative estimate of drug-likeness (QED) is 0.335. The van der Waals surface area contributed by atoms with E-state index in [0.717, 1.165) is 23.3 Å². The number of thioether (sulfide) groups is 1. The number of carbonyl (C=O) groups excluding carboxylic acids is 2. The predicted molar refractivity (Wildman–Crippen MR) is 122 cm³/mol. The minimum Gasteiger partial charge on any atom is -0.467 e. The molecule has 1 atom stereocenters. The number of hydrogen-bond acceptors (Lipinski definition) is 7. The Balaban J connectivity index is 2.24. The molecule has 0 unspecified atom stereocenters. The van der Waals surface area contributed by atoms with E-state index in [9.17, 15) is 14.4 Å². The van der Waals surface area contributed by atoms with Gasteiger partial charge < -0.3 is 10.1 Å². The second-order valence-corrected chi connectivity index (χ2v) is 9.88. The fourth-order valence-electron chi connectivity index (χ4n) is 3.13. The van der Waals surface area contributed by atoms with Gasteiger partial charge in [0.2, 0.25) is 5.91 Å². The number of carbonyl (C=O) groups is 2. The molecule has 0 aliphatic carbocycles. The first kappa shape index (κ1) is 24.4. The lowest BCUT2D eigenvalue weighted by Crippen LogP contribution is -2.43. The Labute approximate surface area is 185 Å². The molecule has 0 aliphatic rings. The topological polar surface area (TPSA) is 90.3 Å². The molecule has 2 rings (SSSR count). The summed E-state index contributed by atoms with van der Waals surface area (Å²) in [4.78, 5) is 44.1. The zero-order chi connectivity index (χ0) is 22.4. The van der Waals surface area contributed by atoms with E-state index >= 15 is 0 Å². The summed E-state index contributed by atoms with van der Waals surface area (Å²) in [7, 11) is 1.31. The monoisotopic (exact) mass is 453 g/mol. The van der Waals surface area contributed by atoms with E-state index in [2.05, 4.69) is 12.2 Å². The van der Waals surface area contributed by atoms with Gasteiger partial charge in [0, 0.05) is 11.4 Å². The van der Waals surface area contributed by atoms with Crippen LogP contribution in [-0.4, -0.2) is 40.3 Å². The van der Waals surface area contributed by atoms with E-state index in [-0.39, 0.29) is 23.1 Å². The van der Waals surface area contributed by atoms with Crippen LogP contribution in [-0.2, 0) is 20.9 Å². The van der Waals surface area contributed by atoms with Crippen LogP contribution in [0.5, 0.6) is 0 Å². The Morgan fingerprint density at radius 1 is 1.30 bits per heavy atom. The number of aryl methyl sites for hydroxylation is 2. The van der Waals surface area contributed by atoms with E-state index in [1.54, 1.807) is 4.57 Å². The van der Waals surface area contributed by atoms with Gasteiger partial charge in [0.1, 0.15) is 10.9 Å². The maximum atomic E-state index is 13.1. The van der Waals surface area contributed by atoms with Crippen LogP contribution in [0, 0.1) is 19.8 Å². The van der Waals surface area contributed by atoms with Gasteiger partial charge in [-0.05, 0) is 38.2 Å². The molecule has 0 aliphatic heterocycles. The van der Waals surface area contributed by atoms with Crippen molar-refractivity contribution in [2.45, 2.75) is 71.6 Å². The highest BCUT2D eigenvalue weighted by Gasteiger charge is 2.23. The number of hydrogen-bond donors (Lipinski definition) is 1. The fraction of sp³-hybridized carbons (Fsp3) is 0.619. The molecule has 0 radical (unpaired) electrons. The minimum absolute atomic E-state index is 0.0505. The van der Waals surface area contributed by atoms with Gasteiger partial charge in [-0.15, -0.1) is 11.3 Å². The first-order chi connectivity index (χ1) is 14.2. The van der Waals surface area contributed by atoms with Gasteiger partial charge in [-0.25, -0.2) is 9.78 Å². The van der Waals surface area contributed by atoms with E-state index < -0.39 is 12.0 Å². The second-order valence-electron chi connectivity index (χ2n) is 7.73. The molecule has 0 aromatic carbocycles. The lowest BCUT2D eigenvalue weighted by atomic mass is 10.0. The molecule has 1 amide bonds. The van der Waals surface area contributed by atoms with Crippen molar-refractivity contribution in [3.63, 3.8) is 0 Å². The molecule has 30 heavy (non-hydrogen) atoms. The molecule has 0 spiro atoms.